The first-order valence-corrected chi connectivity index (χ1v) is 13.5. The largest absolute Gasteiger partial charge is 0.379 e. The van der Waals surface area contributed by atoms with Crippen molar-refractivity contribution in [2.75, 3.05) is 53.0 Å². The van der Waals surface area contributed by atoms with Crippen molar-refractivity contribution < 1.29 is 19.1 Å². The number of imide groups is 1. The number of amides is 2. The smallest absolute Gasteiger partial charge is 0.246 e. The van der Waals surface area contributed by atoms with Gasteiger partial charge in [-0.25, -0.2) is 0 Å². The van der Waals surface area contributed by atoms with Crippen molar-refractivity contribution in [2.24, 2.45) is 0 Å². The molecule has 2 amide bonds. The van der Waals surface area contributed by atoms with Gasteiger partial charge in [0.05, 0.1) is 31.8 Å². The summed E-state index contributed by atoms with van der Waals surface area (Å²) in [5.41, 5.74) is 1.86. The van der Waals surface area contributed by atoms with Gasteiger partial charge in [0.15, 0.2) is 0 Å². The van der Waals surface area contributed by atoms with E-state index in [0.29, 0.717) is 42.6 Å². The van der Waals surface area contributed by atoms with E-state index in [9.17, 15) is 14.4 Å². The van der Waals surface area contributed by atoms with E-state index >= 15 is 0 Å². The number of hydrogen-bond donors (Lipinski definition) is 2. The number of ketones is 1. The molecule has 2 N–H and O–H groups in total. The quantitative estimate of drug-likeness (QED) is 0.387. The van der Waals surface area contributed by atoms with Crippen molar-refractivity contribution in [3.05, 3.63) is 69.7 Å². The molecular formula is C28H36Cl2N4O4. The molecule has 10 heteroatoms. The van der Waals surface area contributed by atoms with Crippen molar-refractivity contribution in [1.82, 2.24) is 20.4 Å². The Kier molecular flexibility index (Phi) is 12.2. The maximum Gasteiger partial charge on any atom is 0.246 e. The predicted molar refractivity (Wildman–Crippen MR) is 150 cm³/mol. The maximum absolute atomic E-state index is 13.4. The summed E-state index contributed by atoms with van der Waals surface area (Å²) in [6.07, 6.45) is 0.830. The average Bonchev–Trinajstić information content (AvgIpc) is 2.92. The van der Waals surface area contributed by atoms with Gasteiger partial charge in [0.1, 0.15) is 5.78 Å². The molecule has 206 valence electrons. The molecule has 2 aromatic carbocycles. The van der Waals surface area contributed by atoms with Crippen LogP contribution in [0.5, 0.6) is 0 Å². The lowest BCUT2D eigenvalue weighted by Crippen LogP contribution is -2.52. The molecule has 2 atom stereocenters. The van der Waals surface area contributed by atoms with Crippen molar-refractivity contribution in [3.63, 3.8) is 0 Å². The number of halogens is 2. The molecule has 3 rings (SSSR count). The number of nitrogens with zero attached hydrogens (tertiary/aromatic N) is 2. The first-order chi connectivity index (χ1) is 18.2. The molecule has 0 saturated carbocycles. The third-order valence-electron chi connectivity index (χ3n) is 6.62. The Labute approximate surface area is 234 Å². The fourth-order valence-corrected chi connectivity index (χ4v) is 4.48. The summed E-state index contributed by atoms with van der Waals surface area (Å²) in [6, 6.07) is 13.4. The Morgan fingerprint density at radius 1 is 0.895 bits per heavy atom. The number of carbonyl (C=O) groups is 3. The zero-order valence-electron chi connectivity index (χ0n) is 21.9. The van der Waals surface area contributed by atoms with E-state index in [0.717, 1.165) is 35.7 Å². The fourth-order valence-electron chi connectivity index (χ4n) is 4.23. The van der Waals surface area contributed by atoms with Gasteiger partial charge in [0.2, 0.25) is 11.8 Å². The van der Waals surface area contributed by atoms with Crippen molar-refractivity contribution in [2.45, 2.75) is 31.8 Å². The number of morpholine rings is 1. The lowest BCUT2D eigenvalue weighted by molar-refractivity contribution is -0.144. The number of ether oxygens (including phenoxy) is 1. The van der Waals surface area contributed by atoms with E-state index in [1.807, 2.05) is 24.3 Å². The van der Waals surface area contributed by atoms with Crippen molar-refractivity contribution in [1.29, 1.82) is 0 Å². The van der Waals surface area contributed by atoms with E-state index in [2.05, 4.69) is 15.5 Å². The monoisotopic (exact) mass is 562 g/mol. The van der Waals surface area contributed by atoms with E-state index in [1.165, 1.54) is 14.0 Å². The summed E-state index contributed by atoms with van der Waals surface area (Å²) in [4.78, 5) is 42.0. The molecule has 0 aliphatic carbocycles. The molecule has 0 unspecified atom stereocenters. The van der Waals surface area contributed by atoms with Crippen LogP contribution in [0, 0.1) is 0 Å². The van der Waals surface area contributed by atoms with Gasteiger partial charge in [0, 0.05) is 43.3 Å². The first-order valence-electron chi connectivity index (χ1n) is 12.8. The Morgan fingerprint density at radius 3 is 1.95 bits per heavy atom. The molecule has 1 aliphatic rings. The number of hydrogen-bond acceptors (Lipinski definition) is 7. The predicted octanol–water partition coefficient (Wildman–Crippen LogP) is 2.60. The van der Waals surface area contributed by atoms with Crippen LogP contribution in [0.2, 0.25) is 10.0 Å². The molecule has 0 spiro atoms. The zero-order chi connectivity index (χ0) is 27.5. The van der Waals surface area contributed by atoms with Gasteiger partial charge in [-0.1, -0.05) is 47.5 Å². The van der Waals surface area contributed by atoms with Gasteiger partial charge in [0.25, 0.3) is 0 Å². The van der Waals surface area contributed by atoms with Gasteiger partial charge in [-0.05, 0) is 55.2 Å². The van der Waals surface area contributed by atoms with E-state index in [-0.39, 0.29) is 18.2 Å². The standard InChI is InChI=1S/C28H36Cl2N4O4/c1-20(35)25(17-21-3-7-23(29)8-4-21)32-19-27(36)33(2)28(37)26(18-22-5-9-24(30)10-6-22)31-11-12-34-13-15-38-16-14-34/h3-10,25-26,31-32H,11-19H2,1-2H3/t25-,26-/m1/s1. The van der Waals surface area contributed by atoms with E-state index in [1.54, 1.807) is 24.3 Å². The average molecular weight is 564 g/mol. The molecule has 1 saturated heterocycles. The number of Topliss-reactive ketones (excluding diaryl/α,β-unsaturated/α-hetero) is 1. The Hall–Kier alpha value is -2.33. The van der Waals surface area contributed by atoms with Gasteiger partial charge in [-0.15, -0.1) is 0 Å². The van der Waals surface area contributed by atoms with Crippen LogP contribution in [-0.4, -0.2) is 92.5 Å². The topological polar surface area (TPSA) is 91.0 Å². The fraction of sp³-hybridized carbons (Fsp3) is 0.464. The molecule has 0 radical (unpaired) electrons. The molecule has 2 aromatic rings. The van der Waals surface area contributed by atoms with Crippen LogP contribution < -0.4 is 10.6 Å². The normalized spacial score (nSPS) is 15.6. The third-order valence-corrected chi connectivity index (χ3v) is 7.13. The highest BCUT2D eigenvalue weighted by atomic mass is 35.5. The van der Waals surface area contributed by atoms with Crippen LogP contribution in [0.3, 0.4) is 0 Å². The number of likely N-dealkylation sites (N-methyl/N-ethyl adjacent to an activating group) is 1. The Morgan fingerprint density at radius 2 is 1.42 bits per heavy atom. The summed E-state index contributed by atoms with van der Waals surface area (Å²) in [6.45, 7) is 5.84. The van der Waals surface area contributed by atoms with Crippen LogP contribution in [0.25, 0.3) is 0 Å². The molecule has 1 aliphatic heterocycles. The Balaban J connectivity index is 1.59. The van der Waals surface area contributed by atoms with E-state index < -0.39 is 18.0 Å². The highest BCUT2D eigenvalue weighted by molar-refractivity contribution is 6.30. The Bertz CT molecular complexity index is 1060. The SMILES string of the molecule is CC(=O)[C@@H](Cc1ccc(Cl)cc1)NCC(=O)N(C)C(=O)[C@@H](Cc1ccc(Cl)cc1)NCCN1CCOCC1. The van der Waals surface area contributed by atoms with E-state index in [4.69, 9.17) is 27.9 Å². The number of nitrogens with one attached hydrogen (secondary N) is 2. The van der Waals surface area contributed by atoms with Crippen LogP contribution in [0.4, 0.5) is 0 Å². The number of rotatable bonds is 13. The van der Waals surface area contributed by atoms with Crippen LogP contribution in [0.15, 0.2) is 48.5 Å². The second kappa shape index (κ2) is 15.3. The van der Waals surface area contributed by atoms with Gasteiger partial charge in [-0.3, -0.25) is 29.5 Å². The van der Waals surface area contributed by atoms with Crippen LogP contribution in [0.1, 0.15) is 18.1 Å². The second-order valence-corrected chi connectivity index (χ2v) is 10.3. The van der Waals surface area contributed by atoms with Gasteiger partial charge in [-0.2, -0.15) is 0 Å². The van der Waals surface area contributed by atoms with Gasteiger partial charge < -0.3 is 10.1 Å². The molecule has 1 fully saturated rings. The maximum atomic E-state index is 13.4. The number of carbonyl (C=O) groups excluding carboxylic acids is 3. The molecule has 0 aromatic heterocycles. The third kappa shape index (κ3) is 9.76. The summed E-state index contributed by atoms with van der Waals surface area (Å²) in [5, 5.41) is 7.59. The van der Waals surface area contributed by atoms with Crippen molar-refractivity contribution >= 4 is 40.8 Å². The minimum atomic E-state index is -0.594. The minimum absolute atomic E-state index is 0.0906. The lowest BCUT2D eigenvalue weighted by atomic mass is 10.0. The minimum Gasteiger partial charge on any atom is -0.379 e. The molecule has 1 heterocycles. The second-order valence-electron chi connectivity index (χ2n) is 9.46. The molecule has 0 bridgehead atoms. The van der Waals surface area contributed by atoms with Gasteiger partial charge >= 0.3 is 0 Å². The number of benzene rings is 2. The van der Waals surface area contributed by atoms with Crippen molar-refractivity contribution in [3.8, 4) is 0 Å². The first kappa shape index (κ1) is 30.2. The highest BCUT2D eigenvalue weighted by Crippen LogP contribution is 2.13. The molecule has 8 nitrogen and oxygen atoms in total. The lowest BCUT2D eigenvalue weighted by Gasteiger charge is -2.28. The summed E-state index contributed by atoms with van der Waals surface area (Å²) in [7, 11) is 1.48. The highest BCUT2D eigenvalue weighted by Gasteiger charge is 2.27. The summed E-state index contributed by atoms with van der Waals surface area (Å²) in [5.74, 6) is -0.827. The van der Waals surface area contributed by atoms with Crippen LogP contribution in [-0.2, 0) is 32.0 Å². The van der Waals surface area contributed by atoms with Crippen LogP contribution >= 0.6 is 23.2 Å². The summed E-state index contributed by atoms with van der Waals surface area (Å²) < 4.78 is 5.40. The molecule has 38 heavy (non-hydrogen) atoms. The zero-order valence-corrected chi connectivity index (χ0v) is 23.4. The molecular weight excluding hydrogens is 527 g/mol. The summed E-state index contributed by atoms with van der Waals surface area (Å²) >= 11 is 12.0.